The Morgan fingerprint density at radius 1 is 1.35 bits per heavy atom. The van der Waals surface area contributed by atoms with E-state index in [0.29, 0.717) is 11.3 Å². The standard InChI is InChI=1S/C15H15N3OS/c19-15(17-9-14-8-13(17)10-20-14)11-3-1-4-12(7-11)18-6-2-5-16-18/h1-7,13-14H,8-10H2/t13-,14+/m0/s1. The van der Waals surface area contributed by atoms with E-state index in [1.165, 1.54) is 0 Å². The van der Waals surface area contributed by atoms with Crippen LogP contribution in [0.25, 0.3) is 5.69 Å². The predicted octanol–water partition coefficient (Wildman–Crippen LogP) is 2.20. The van der Waals surface area contributed by atoms with Crippen molar-refractivity contribution in [3.8, 4) is 5.69 Å². The first-order chi connectivity index (χ1) is 9.81. The molecule has 20 heavy (non-hydrogen) atoms. The molecule has 2 atom stereocenters. The van der Waals surface area contributed by atoms with E-state index in [-0.39, 0.29) is 5.91 Å². The van der Waals surface area contributed by atoms with Crippen molar-refractivity contribution >= 4 is 17.7 Å². The molecule has 0 N–H and O–H groups in total. The number of amides is 1. The Labute approximate surface area is 121 Å². The molecule has 0 spiro atoms. The Hall–Kier alpha value is -1.75. The summed E-state index contributed by atoms with van der Waals surface area (Å²) in [5.41, 5.74) is 1.69. The Kier molecular flexibility index (Phi) is 2.80. The average Bonchev–Trinajstić information content (AvgIpc) is 3.23. The zero-order valence-electron chi connectivity index (χ0n) is 11.0. The van der Waals surface area contributed by atoms with Crippen LogP contribution in [0.15, 0.2) is 42.7 Å². The quantitative estimate of drug-likeness (QED) is 0.849. The van der Waals surface area contributed by atoms with Gasteiger partial charge in [0.15, 0.2) is 0 Å². The highest BCUT2D eigenvalue weighted by atomic mass is 32.2. The summed E-state index contributed by atoms with van der Waals surface area (Å²) < 4.78 is 1.78. The molecule has 0 aliphatic carbocycles. The lowest BCUT2D eigenvalue weighted by atomic mass is 10.1. The van der Waals surface area contributed by atoms with Crippen LogP contribution in [-0.2, 0) is 0 Å². The van der Waals surface area contributed by atoms with Crippen molar-refractivity contribution in [3.63, 3.8) is 0 Å². The van der Waals surface area contributed by atoms with Crippen molar-refractivity contribution in [3.05, 3.63) is 48.3 Å². The fraction of sp³-hybridized carbons (Fsp3) is 0.333. The number of hydrogen-bond acceptors (Lipinski definition) is 3. The van der Waals surface area contributed by atoms with Crippen LogP contribution in [0.3, 0.4) is 0 Å². The van der Waals surface area contributed by atoms with Gasteiger partial charge in [-0.15, -0.1) is 0 Å². The second kappa shape index (κ2) is 4.66. The Morgan fingerprint density at radius 2 is 2.30 bits per heavy atom. The van der Waals surface area contributed by atoms with Crippen LogP contribution >= 0.6 is 11.8 Å². The van der Waals surface area contributed by atoms with Gasteiger partial charge in [-0.05, 0) is 30.7 Å². The maximum atomic E-state index is 12.6. The molecule has 2 fully saturated rings. The van der Waals surface area contributed by atoms with Crippen molar-refractivity contribution in [1.29, 1.82) is 0 Å². The average molecular weight is 285 g/mol. The highest BCUT2D eigenvalue weighted by Crippen LogP contribution is 2.38. The van der Waals surface area contributed by atoms with E-state index >= 15 is 0 Å². The van der Waals surface area contributed by atoms with Crippen molar-refractivity contribution in [1.82, 2.24) is 14.7 Å². The third-order valence-electron chi connectivity index (χ3n) is 4.02. The largest absolute Gasteiger partial charge is 0.334 e. The molecule has 102 valence electrons. The van der Waals surface area contributed by atoms with E-state index in [9.17, 15) is 4.79 Å². The normalized spacial score (nSPS) is 24.3. The lowest BCUT2D eigenvalue weighted by molar-refractivity contribution is 0.0747. The minimum Gasteiger partial charge on any atom is -0.334 e. The number of carbonyl (C=O) groups excluding carboxylic acids is 1. The maximum absolute atomic E-state index is 12.6. The first-order valence-corrected chi connectivity index (χ1v) is 7.89. The Bertz CT molecular complexity index is 640. The van der Waals surface area contributed by atoms with Gasteiger partial charge in [-0.2, -0.15) is 16.9 Å². The molecule has 0 saturated carbocycles. The number of rotatable bonds is 2. The van der Waals surface area contributed by atoms with Crippen molar-refractivity contribution in [2.45, 2.75) is 17.7 Å². The first kappa shape index (κ1) is 12.0. The lowest BCUT2D eigenvalue weighted by Crippen LogP contribution is -2.39. The number of thioether (sulfide) groups is 1. The zero-order chi connectivity index (χ0) is 13.5. The summed E-state index contributed by atoms with van der Waals surface area (Å²) in [7, 11) is 0. The SMILES string of the molecule is O=C(c1cccc(-n2cccn2)c1)N1C[C@H]2C[C@H]1CS2. The van der Waals surface area contributed by atoms with Gasteiger partial charge in [-0.25, -0.2) is 4.68 Å². The number of nitrogens with zero attached hydrogens (tertiary/aromatic N) is 3. The molecule has 4 rings (SSSR count). The fourth-order valence-electron chi connectivity index (χ4n) is 3.02. The van der Waals surface area contributed by atoms with Crippen molar-refractivity contribution < 1.29 is 4.79 Å². The predicted molar refractivity (Wildman–Crippen MR) is 79.3 cm³/mol. The highest BCUT2D eigenvalue weighted by Gasteiger charge is 2.41. The van der Waals surface area contributed by atoms with E-state index in [1.54, 1.807) is 10.9 Å². The first-order valence-electron chi connectivity index (χ1n) is 6.84. The minimum atomic E-state index is 0.159. The monoisotopic (exact) mass is 285 g/mol. The topological polar surface area (TPSA) is 38.1 Å². The second-order valence-corrected chi connectivity index (χ2v) is 6.64. The van der Waals surface area contributed by atoms with Crippen LogP contribution in [0.2, 0.25) is 0 Å². The van der Waals surface area contributed by atoms with Crippen molar-refractivity contribution in [2.75, 3.05) is 12.3 Å². The van der Waals surface area contributed by atoms with E-state index in [2.05, 4.69) is 5.10 Å². The van der Waals surface area contributed by atoms with Crippen molar-refractivity contribution in [2.24, 2.45) is 0 Å². The summed E-state index contributed by atoms with van der Waals surface area (Å²) in [5.74, 6) is 1.25. The molecular formula is C15H15N3OS. The fourth-order valence-corrected chi connectivity index (χ4v) is 4.45. The lowest BCUT2D eigenvalue weighted by Gasteiger charge is -2.26. The van der Waals surface area contributed by atoms with Gasteiger partial charge in [0.1, 0.15) is 0 Å². The third-order valence-corrected chi connectivity index (χ3v) is 5.41. The zero-order valence-corrected chi connectivity index (χ0v) is 11.8. The summed E-state index contributed by atoms with van der Waals surface area (Å²) in [4.78, 5) is 14.7. The summed E-state index contributed by atoms with van der Waals surface area (Å²) in [6.45, 7) is 0.903. The molecule has 1 aromatic heterocycles. The van der Waals surface area contributed by atoms with Crippen LogP contribution in [0.5, 0.6) is 0 Å². The molecule has 1 amide bonds. The molecule has 2 bridgehead atoms. The molecule has 2 saturated heterocycles. The molecule has 5 heteroatoms. The van der Waals surface area contributed by atoms with Gasteiger partial charge < -0.3 is 4.90 Å². The van der Waals surface area contributed by atoms with Crippen LogP contribution in [0.4, 0.5) is 0 Å². The molecule has 2 aliphatic rings. The summed E-state index contributed by atoms with van der Waals surface area (Å²) in [5, 5.41) is 4.86. The van der Waals surface area contributed by atoms with E-state index in [1.807, 2.05) is 53.2 Å². The van der Waals surface area contributed by atoms with Gasteiger partial charge in [0, 0.05) is 41.5 Å². The van der Waals surface area contributed by atoms with Gasteiger partial charge in [-0.3, -0.25) is 4.79 Å². The highest BCUT2D eigenvalue weighted by molar-refractivity contribution is 8.00. The van der Waals surface area contributed by atoms with E-state index in [4.69, 9.17) is 0 Å². The van der Waals surface area contributed by atoms with Gasteiger partial charge in [0.05, 0.1) is 5.69 Å². The number of carbonyl (C=O) groups is 1. The molecule has 0 radical (unpaired) electrons. The number of hydrogen-bond donors (Lipinski definition) is 0. The van der Waals surface area contributed by atoms with Gasteiger partial charge in [-0.1, -0.05) is 6.07 Å². The van der Waals surface area contributed by atoms with Gasteiger partial charge in [0.25, 0.3) is 5.91 Å². The van der Waals surface area contributed by atoms with Crippen LogP contribution in [-0.4, -0.2) is 44.2 Å². The minimum absolute atomic E-state index is 0.159. The Morgan fingerprint density at radius 3 is 3.00 bits per heavy atom. The number of likely N-dealkylation sites (tertiary alicyclic amines) is 1. The molecule has 2 aromatic rings. The molecule has 0 unspecified atom stereocenters. The summed E-state index contributed by atoms with van der Waals surface area (Å²) in [6.07, 6.45) is 4.79. The molecule has 1 aromatic carbocycles. The molecular weight excluding hydrogens is 270 g/mol. The summed E-state index contributed by atoms with van der Waals surface area (Å²) >= 11 is 2.00. The van der Waals surface area contributed by atoms with Gasteiger partial charge >= 0.3 is 0 Å². The number of fused-ring (bicyclic) bond motifs is 2. The second-order valence-electron chi connectivity index (χ2n) is 5.30. The smallest absolute Gasteiger partial charge is 0.254 e. The number of aromatic nitrogens is 2. The van der Waals surface area contributed by atoms with Gasteiger partial charge in [0.2, 0.25) is 0 Å². The van der Waals surface area contributed by atoms with Crippen LogP contribution in [0, 0.1) is 0 Å². The van der Waals surface area contributed by atoms with E-state index in [0.717, 1.165) is 30.0 Å². The molecule has 2 aliphatic heterocycles. The molecule has 3 heterocycles. The molecule has 4 nitrogen and oxygen atoms in total. The van der Waals surface area contributed by atoms with E-state index < -0.39 is 0 Å². The third kappa shape index (κ3) is 1.93. The summed E-state index contributed by atoms with van der Waals surface area (Å²) in [6, 6.07) is 10.0. The number of benzene rings is 1. The van der Waals surface area contributed by atoms with Crippen LogP contribution < -0.4 is 0 Å². The maximum Gasteiger partial charge on any atom is 0.254 e. The Balaban J connectivity index is 1.62. The van der Waals surface area contributed by atoms with Crippen LogP contribution in [0.1, 0.15) is 16.8 Å².